The number of aromatic nitrogens is 3. The van der Waals surface area contributed by atoms with E-state index in [9.17, 15) is 8.42 Å². The first-order valence-corrected chi connectivity index (χ1v) is 9.29. The molecule has 1 unspecified atom stereocenters. The molecule has 0 spiro atoms. The molecule has 21 heavy (non-hydrogen) atoms. The van der Waals surface area contributed by atoms with Gasteiger partial charge in [-0.05, 0) is 37.3 Å². The van der Waals surface area contributed by atoms with Crippen LogP contribution in [0, 0.1) is 0 Å². The molecule has 5 nitrogen and oxygen atoms in total. The van der Waals surface area contributed by atoms with E-state index in [1.165, 1.54) is 11.1 Å². The average Bonchev–Trinajstić information content (AvgIpc) is 2.90. The maximum Gasteiger partial charge on any atom is 0.296 e. The first-order chi connectivity index (χ1) is 10.0. The third-order valence-corrected chi connectivity index (χ3v) is 5.11. The molecule has 0 saturated heterocycles. The van der Waals surface area contributed by atoms with Gasteiger partial charge in [-0.15, -0.1) is 10.2 Å². The van der Waals surface area contributed by atoms with E-state index in [1.54, 1.807) is 4.57 Å². The van der Waals surface area contributed by atoms with Crippen LogP contribution in [0.1, 0.15) is 42.6 Å². The fraction of sp³-hybridized carbons (Fsp3) is 0.429. The van der Waals surface area contributed by atoms with E-state index < -0.39 is 9.05 Å². The van der Waals surface area contributed by atoms with Gasteiger partial charge in [-0.2, -0.15) is 0 Å². The van der Waals surface area contributed by atoms with Gasteiger partial charge in [-0.1, -0.05) is 24.3 Å². The highest BCUT2D eigenvalue weighted by Gasteiger charge is 2.29. The zero-order valence-electron chi connectivity index (χ0n) is 11.7. The van der Waals surface area contributed by atoms with Crippen LogP contribution in [0.4, 0.5) is 0 Å². The fourth-order valence-electron chi connectivity index (χ4n) is 3.06. The van der Waals surface area contributed by atoms with Gasteiger partial charge in [0.05, 0.1) is 0 Å². The van der Waals surface area contributed by atoms with Gasteiger partial charge < -0.3 is 4.57 Å². The van der Waals surface area contributed by atoms with Crippen molar-refractivity contribution < 1.29 is 8.42 Å². The third-order valence-electron chi connectivity index (χ3n) is 3.96. The minimum Gasteiger partial charge on any atom is -0.301 e. The van der Waals surface area contributed by atoms with E-state index in [-0.39, 0.29) is 11.1 Å². The summed E-state index contributed by atoms with van der Waals surface area (Å²) >= 11 is 0. The lowest BCUT2D eigenvalue weighted by molar-refractivity contribution is 0.535. The van der Waals surface area contributed by atoms with Gasteiger partial charge >= 0.3 is 0 Å². The van der Waals surface area contributed by atoms with Crippen LogP contribution in [0.5, 0.6) is 0 Å². The van der Waals surface area contributed by atoms with Crippen molar-refractivity contribution in [3.05, 3.63) is 41.2 Å². The SMILES string of the molecule is CCn1c(C2CCCc3ccccc32)nnc1S(=O)(=O)Cl. The van der Waals surface area contributed by atoms with Crippen molar-refractivity contribution >= 4 is 19.7 Å². The number of rotatable bonds is 3. The van der Waals surface area contributed by atoms with E-state index in [0.29, 0.717) is 12.4 Å². The van der Waals surface area contributed by atoms with Crippen LogP contribution in [0.2, 0.25) is 0 Å². The third kappa shape index (κ3) is 2.58. The largest absolute Gasteiger partial charge is 0.301 e. The molecule has 0 fully saturated rings. The zero-order valence-corrected chi connectivity index (χ0v) is 13.2. The molecule has 1 aliphatic carbocycles. The summed E-state index contributed by atoms with van der Waals surface area (Å²) in [6.45, 7) is 2.34. The lowest BCUT2D eigenvalue weighted by Gasteiger charge is -2.25. The molecule has 1 atom stereocenters. The van der Waals surface area contributed by atoms with Crippen LogP contribution in [0.25, 0.3) is 0 Å². The summed E-state index contributed by atoms with van der Waals surface area (Å²) in [5.74, 6) is 0.762. The quantitative estimate of drug-likeness (QED) is 0.814. The van der Waals surface area contributed by atoms with Crippen LogP contribution in [0.3, 0.4) is 0 Å². The van der Waals surface area contributed by atoms with E-state index in [4.69, 9.17) is 10.7 Å². The Kier molecular flexibility index (Phi) is 3.75. The van der Waals surface area contributed by atoms with Crippen LogP contribution in [0.15, 0.2) is 29.4 Å². The summed E-state index contributed by atoms with van der Waals surface area (Å²) in [5.41, 5.74) is 2.51. The highest BCUT2D eigenvalue weighted by atomic mass is 35.7. The van der Waals surface area contributed by atoms with Crippen LogP contribution in [-0.4, -0.2) is 23.2 Å². The van der Waals surface area contributed by atoms with E-state index >= 15 is 0 Å². The maximum absolute atomic E-state index is 11.6. The van der Waals surface area contributed by atoms with Crippen molar-refractivity contribution in [3.63, 3.8) is 0 Å². The molecule has 0 N–H and O–H groups in total. The molecule has 1 aliphatic rings. The predicted molar refractivity (Wildman–Crippen MR) is 80.0 cm³/mol. The molecule has 1 heterocycles. The molecule has 0 radical (unpaired) electrons. The number of hydrogen-bond donors (Lipinski definition) is 0. The molecule has 0 aliphatic heterocycles. The number of aryl methyl sites for hydroxylation is 1. The lowest BCUT2D eigenvalue weighted by atomic mass is 9.82. The summed E-state index contributed by atoms with van der Waals surface area (Å²) in [6.07, 6.45) is 3.05. The van der Waals surface area contributed by atoms with Crippen molar-refractivity contribution in [1.82, 2.24) is 14.8 Å². The Balaban J connectivity index is 2.13. The number of fused-ring (bicyclic) bond motifs is 1. The Bertz CT molecular complexity index is 770. The average molecular weight is 326 g/mol. The van der Waals surface area contributed by atoms with Gasteiger partial charge in [0.15, 0.2) is 0 Å². The van der Waals surface area contributed by atoms with Gasteiger partial charge in [-0.25, -0.2) is 8.42 Å². The Hall–Kier alpha value is -1.40. The maximum atomic E-state index is 11.6. The number of halogens is 1. The molecule has 112 valence electrons. The minimum absolute atomic E-state index is 0.0783. The first kappa shape index (κ1) is 14.5. The normalized spacial score (nSPS) is 18.5. The van der Waals surface area contributed by atoms with Gasteiger partial charge in [0.25, 0.3) is 14.2 Å². The minimum atomic E-state index is -3.88. The standard InChI is InChI=1S/C14H16ClN3O2S/c1-2-18-13(16-17-14(18)21(15,19)20)12-9-5-7-10-6-3-4-8-11(10)12/h3-4,6,8,12H,2,5,7,9H2,1H3. The monoisotopic (exact) mass is 325 g/mol. The van der Waals surface area contributed by atoms with Gasteiger partial charge in [0, 0.05) is 23.1 Å². The molecule has 1 aromatic carbocycles. The molecule has 0 bridgehead atoms. The molecule has 2 aromatic rings. The van der Waals surface area contributed by atoms with Gasteiger partial charge in [0.2, 0.25) is 0 Å². The Morgan fingerprint density at radius 2 is 2.10 bits per heavy atom. The summed E-state index contributed by atoms with van der Waals surface area (Å²) < 4.78 is 24.8. The van der Waals surface area contributed by atoms with E-state index in [0.717, 1.165) is 19.3 Å². The van der Waals surface area contributed by atoms with Gasteiger partial charge in [-0.3, -0.25) is 0 Å². The summed E-state index contributed by atoms with van der Waals surface area (Å²) in [6, 6.07) is 8.24. The summed E-state index contributed by atoms with van der Waals surface area (Å²) in [4.78, 5) is 0. The topological polar surface area (TPSA) is 64.8 Å². The van der Waals surface area contributed by atoms with Crippen molar-refractivity contribution in [2.45, 2.75) is 43.8 Å². The highest BCUT2D eigenvalue weighted by molar-refractivity contribution is 8.13. The van der Waals surface area contributed by atoms with Crippen LogP contribution in [-0.2, 0) is 22.0 Å². The van der Waals surface area contributed by atoms with Gasteiger partial charge in [0.1, 0.15) is 5.82 Å². The Labute approximate surface area is 128 Å². The number of nitrogens with zero attached hydrogens (tertiary/aromatic N) is 3. The molecule has 0 saturated carbocycles. The van der Waals surface area contributed by atoms with E-state index in [1.807, 2.05) is 19.1 Å². The second-order valence-corrected chi connectivity index (χ2v) is 7.63. The number of benzene rings is 1. The fourth-order valence-corrected chi connectivity index (χ4v) is 4.02. The second-order valence-electron chi connectivity index (χ2n) is 5.17. The zero-order chi connectivity index (χ0) is 15.0. The molecular formula is C14H16ClN3O2S. The highest BCUT2D eigenvalue weighted by Crippen LogP contribution is 2.36. The predicted octanol–water partition coefficient (Wildman–Crippen LogP) is 2.69. The Morgan fingerprint density at radius 3 is 2.81 bits per heavy atom. The van der Waals surface area contributed by atoms with Crippen molar-refractivity contribution in [3.8, 4) is 0 Å². The van der Waals surface area contributed by atoms with Crippen molar-refractivity contribution in [2.24, 2.45) is 0 Å². The second kappa shape index (κ2) is 5.42. The molecule has 7 heteroatoms. The van der Waals surface area contributed by atoms with Crippen molar-refractivity contribution in [2.75, 3.05) is 0 Å². The molecular weight excluding hydrogens is 310 g/mol. The molecule has 0 amide bonds. The van der Waals surface area contributed by atoms with Crippen molar-refractivity contribution in [1.29, 1.82) is 0 Å². The Morgan fingerprint density at radius 1 is 1.33 bits per heavy atom. The first-order valence-electron chi connectivity index (χ1n) is 6.98. The molecule has 1 aromatic heterocycles. The van der Waals surface area contributed by atoms with Crippen LogP contribution >= 0.6 is 10.7 Å². The summed E-state index contributed by atoms with van der Waals surface area (Å²) in [7, 11) is 1.56. The van der Waals surface area contributed by atoms with Crippen LogP contribution < -0.4 is 0 Å². The van der Waals surface area contributed by atoms with E-state index in [2.05, 4.69) is 22.3 Å². The summed E-state index contributed by atoms with van der Waals surface area (Å²) in [5, 5.41) is 7.76. The smallest absolute Gasteiger partial charge is 0.296 e. The number of hydrogen-bond acceptors (Lipinski definition) is 4. The lowest BCUT2D eigenvalue weighted by Crippen LogP contribution is -2.17. The molecule has 3 rings (SSSR count).